The number of nitrogens with one attached hydrogen (secondary N) is 1. The molecule has 1 heterocycles. The molecule has 0 fully saturated rings. The quantitative estimate of drug-likeness (QED) is 0.646. The Morgan fingerprint density at radius 1 is 1.04 bits per heavy atom. The van der Waals surface area contributed by atoms with Gasteiger partial charge in [-0.05, 0) is 24.3 Å². The first-order valence-corrected chi connectivity index (χ1v) is 8.60. The first kappa shape index (κ1) is 19.5. The van der Waals surface area contributed by atoms with Crippen molar-refractivity contribution in [2.24, 2.45) is 0 Å². The van der Waals surface area contributed by atoms with Crippen molar-refractivity contribution in [3.63, 3.8) is 0 Å². The first-order chi connectivity index (χ1) is 13.5. The van der Waals surface area contributed by atoms with Gasteiger partial charge in [-0.1, -0.05) is 16.8 Å². The molecule has 28 heavy (non-hydrogen) atoms. The van der Waals surface area contributed by atoms with Crippen LogP contribution in [0.1, 0.15) is 16.2 Å². The van der Waals surface area contributed by atoms with Crippen LogP contribution in [0.15, 0.2) is 40.9 Å². The van der Waals surface area contributed by atoms with E-state index in [-0.39, 0.29) is 23.9 Å². The molecule has 0 aliphatic rings. The van der Waals surface area contributed by atoms with Crippen LogP contribution < -0.4 is 19.5 Å². The van der Waals surface area contributed by atoms with Crippen LogP contribution in [0, 0.1) is 0 Å². The van der Waals surface area contributed by atoms with Gasteiger partial charge in [-0.15, -0.1) is 0 Å². The van der Waals surface area contributed by atoms with Crippen molar-refractivity contribution in [3.05, 3.63) is 52.9 Å². The molecule has 0 spiro atoms. The molecule has 1 aromatic heterocycles. The fourth-order valence-electron chi connectivity index (χ4n) is 2.50. The van der Waals surface area contributed by atoms with Crippen LogP contribution in [-0.2, 0) is 6.54 Å². The number of carbonyl (C=O) groups excluding carboxylic acids is 1. The number of halogens is 1. The normalized spacial score (nSPS) is 10.4. The largest absolute Gasteiger partial charge is 0.496 e. The Balaban J connectivity index is 1.73. The van der Waals surface area contributed by atoms with E-state index in [0.29, 0.717) is 28.1 Å². The molecule has 0 saturated heterocycles. The highest BCUT2D eigenvalue weighted by Crippen LogP contribution is 2.34. The molecule has 0 radical (unpaired) electrons. The Hall–Kier alpha value is -3.26. The van der Waals surface area contributed by atoms with Crippen LogP contribution in [-0.4, -0.2) is 37.4 Å². The second-order valence-corrected chi connectivity index (χ2v) is 6.05. The molecule has 0 aliphatic heterocycles. The predicted molar refractivity (Wildman–Crippen MR) is 102 cm³/mol. The Morgan fingerprint density at radius 3 is 2.32 bits per heavy atom. The van der Waals surface area contributed by atoms with Crippen LogP contribution in [0.5, 0.6) is 17.2 Å². The number of methoxy groups -OCH3 is 3. The summed E-state index contributed by atoms with van der Waals surface area (Å²) in [6, 6.07) is 10.2. The second kappa shape index (κ2) is 8.62. The van der Waals surface area contributed by atoms with Gasteiger partial charge < -0.3 is 24.1 Å². The van der Waals surface area contributed by atoms with Crippen LogP contribution >= 0.6 is 11.6 Å². The number of aromatic nitrogens is 2. The maximum Gasteiger partial charge on any atom is 0.255 e. The maximum atomic E-state index is 12.6. The summed E-state index contributed by atoms with van der Waals surface area (Å²) in [6.45, 7) is 0.0525. The number of hydrogen-bond acceptors (Lipinski definition) is 7. The molecule has 9 heteroatoms. The van der Waals surface area contributed by atoms with Crippen molar-refractivity contribution in [2.45, 2.75) is 6.54 Å². The fraction of sp³-hybridized carbons (Fsp3) is 0.211. The van der Waals surface area contributed by atoms with E-state index in [1.807, 2.05) is 0 Å². The maximum absolute atomic E-state index is 12.6. The SMILES string of the molecule is COc1cc(OC)c(C(=O)NCc2nc(-c3ccc(Cl)cc3)no2)cc1OC. The minimum Gasteiger partial charge on any atom is -0.496 e. The Morgan fingerprint density at radius 2 is 1.68 bits per heavy atom. The number of nitrogens with zero attached hydrogens (tertiary/aromatic N) is 2. The van der Waals surface area contributed by atoms with Crippen LogP contribution in [0.3, 0.4) is 0 Å². The van der Waals surface area contributed by atoms with Crippen molar-refractivity contribution >= 4 is 17.5 Å². The molecule has 3 aromatic rings. The number of amides is 1. The van der Waals surface area contributed by atoms with E-state index in [0.717, 1.165) is 5.56 Å². The van der Waals surface area contributed by atoms with E-state index < -0.39 is 0 Å². The van der Waals surface area contributed by atoms with Gasteiger partial charge in [-0.2, -0.15) is 4.98 Å². The third-order valence-corrected chi connectivity index (χ3v) is 4.17. The van der Waals surface area contributed by atoms with E-state index >= 15 is 0 Å². The molecule has 3 rings (SSSR count). The predicted octanol–water partition coefficient (Wildman–Crippen LogP) is 3.35. The minimum absolute atomic E-state index is 0.0525. The summed E-state index contributed by atoms with van der Waals surface area (Å²) in [5, 5.41) is 7.24. The fourth-order valence-corrected chi connectivity index (χ4v) is 2.63. The molecular weight excluding hydrogens is 386 g/mol. The summed E-state index contributed by atoms with van der Waals surface area (Å²) in [6.07, 6.45) is 0. The van der Waals surface area contributed by atoms with E-state index in [1.165, 1.54) is 21.3 Å². The van der Waals surface area contributed by atoms with Gasteiger partial charge in [-0.3, -0.25) is 4.79 Å². The van der Waals surface area contributed by atoms with Gasteiger partial charge in [0.25, 0.3) is 5.91 Å². The zero-order valence-electron chi connectivity index (χ0n) is 15.5. The van der Waals surface area contributed by atoms with E-state index in [1.54, 1.807) is 36.4 Å². The molecule has 0 unspecified atom stereocenters. The summed E-state index contributed by atoms with van der Waals surface area (Å²) in [5.41, 5.74) is 1.05. The van der Waals surface area contributed by atoms with Gasteiger partial charge in [0.1, 0.15) is 5.75 Å². The average Bonchev–Trinajstić information content (AvgIpc) is 3.20. The molecule has 0 bridgehead atoms. The standard InChI is InChI=1S/C19H18ClN3O5/c1-25-14-9-16(27-3)15(26-2)8-13(14)19(24)21-10-17-22-18(23-28-17)11-4-6-12(20)7-5-11/h4-9H,10H2,1-3H3,(H,21,24). The monoisotopic (exact) mass is 403 g/mol. The molecule has 8 nitrogen and oxygen atoms in total. The van der Waals surface area contributed by atoms with Crippen LogP contribution in [0.2, 0.25) is 5.02 Å². The molecule has 0 atom stereocenters. The number of carbonyl (C=O) groups is 1. The van der Waals surface area contributed by atoms with Gasteiger partial charge in [0.2, 0.25) is 11.7 Å². The van der Waals surface area contributed by atoms with Crippen molar-refractivity contribution in [3.8, 4) is 28.6 Å². The number of ether oxygens (including phenoxy) is 3. The van der Waals surface area contributed by atoms with Crippen molar-refractivity contribution in [1.82, 2.24) is 15.5 Å². The van der Waals surface area contributed by atoms with Gasteiger partial charge >= 0.3 is 0 Å². The van der Waals surface area contributed by atoms with Crippen molar-refractivity contribution in [2.75, 3.05) is 21.3 Å². The lowest BCUT2D eigenvalue weighted by Gasteiger charge is -2.13. The number of benzene rings is 2. The Bertz CT molecular complexity index is 972. The van der Waals surface area contributed by atoms with Gasteiger partial charge in [0, 0.05) is 22.7 Å². The van der Waals surface area contributed by atoms with Crippen LogP contribution in [0.4, 0.5) is 0 Å². The van der Waals surface area contributed by atoms with Gasteiger partial charge in [0.15, 0.2) is 11.5 Å². The lowest BCUT2D eigenvalue weighted by molar-refractivity contribution is 0.0942. The molecule has 1 N–H and O–H groups in total. The number of rotatable bonds is 7. The van der Waals surface area contributed by atoms with Crippen molar-refractivity contribution in [1.29, 1.82) is 0 Å². The van der Waals surface area contributed by atoms with Crippen LogP contribution in [0.25, 0.3) is 11.4 Å². The highest BCUT2D eigenvalue weighted by Gasteiger charge is 2.18. The third-order valence-electron chi connectivity index (χ3n) is 3.92. The second-order valence-electron chi connectivity index (χ2n) is 5.61. The Labute approximate surface area is 166 Å². The summed E-state index contributed by atoms with van der Waals surface area (Å²) in [5.74, 6) is 1.51. The highest BCUT2D eigenvalue weighted by atomic mass is 35.5. The zero-order valence-corrected chi connectivity index (χ0v) is 16.2. The summed E-state index contributed by atoms with van der Waals surface area (Å²) in [7, 11) is 4.46. The summed E-state index contributed by atoms with van der Waals surface area (Å²) < 4.78 is 20.9. The van der Waals surface area contributed by atoms with E-state index in [2.05, 4.69) is 15.5 Å². The molecule has 1 amide bonds. The number of hydrogen-bond donors (Lipinski definition) is 1. The minimum atomic E-state index is -0.385. The van der Waals surface area contributed by atoms with E-state index in [4.69, 9.17) is 30.3 Å². The zero-order chi connectivity index (χ0) is 20.1. The Kier molecular flexibility index (Phi) is 6.00. The van der Waals surface area contributed by atoms with Gasteiger partial charge in [-0.25, -0.2) is 0 Å². The topological polar surface area (TPSA) is 95.7 Å². The lowest BCUT2D eigenvalue weighted by atomic mass is 10.1. The molecular formula is C19H18ClN3O5. The summed E-state index contributed by atoms with van der Waals surface area (Å²) in [4.78, 5) is 16.9. The van der Waals surface area contributed by atoms with Gasteiger partial charge in [0.05, 0.1) is 33.4 Å². The molecule has 2 aromatic carbocycles. The molecule has 146 valence electrons. The van der Waals surface area contributed by atoms with Crippen molar-refractivity contribution < 1.29 is 23.5 Å². The lowest BCUT2D eigenvalue weighted by Crippen LogP contribution is -2.23. The highest BCUT2D eigenvalue weighted by molar-refractivity contribution is 6.30. The third kappa shape index (κ3) is 4.17. The average molecular weight is 404 g/mol. The molecule has 0 aliphatic carbocycles. The smallest absolute Gasteiger partial charge is 0.255 e. The summed E-state index contributed by atoms with van der Waals surface area (Å²) >= 11 is 5.87. The van der Waals surface area contributed by atoms with E-state index in [9.17, 15) is 4.79 Å². The molecule has 0 saturated carbocycles. The first-order valence-electron chi connectivity index (χ1n) is 8.22.